The van der Waals surface area contributed by atoms with E-state index >= 15 is 0 Å². The topological polar surface area (TPSA) is 98.5 Å². The first-order chi connectivity index (χ1) is 11.9. The van der Waals surface area contributed by atoms with Crippen LogP contribution < -0.4 is 5.32 Å². The molecule has 0 saturated heterocycles. The Kier molecular flexibility index (Phi) is 6.02. The van der Waals surface area contributed by atoms with Gasteiger partial charge >= 0.3 is 5.97 Å². The predicted octanol–water partition coefficient (Wildman–Crippen LogP) is 3.11. The molecule has 2 rings (SSSR count). The van der Waals surface area contributed by atoms with Gasteiger partial charge in [-0.1, -0.05) is 29.8 Å². The van der Waals surface area contributed by atoms with Crippen LogP contribution in [-0.4, -0.2) is 23.4 Å². The molecule has 0 radical (unpaired) electrons. The highest BCUT2D eigenvalue weighted by atomic mass is 35.5. The van der Waals surface area contributed by atoms with Gasteiger partial charge in [-0.3, -0.25) is 19.7 Å². The van der Waals surface area contributed by atoms with Crippen molar-refractivity contribution in [2.24, 2.45) is 0 Å². The van der Waals surface area contributed by atoms with Crippen LogP contribution in [0.25, 0.3) is 0 Å². The lowest BCUT2D eigenvalue weighted by atomic mass is 10.1. The first-order valence-electron chi connectivity index (χ1n) is 6.99. The summed E-state index contributed by atoms with van der Waals surface area (Å²) in [5, 5.41) is 13.3. The first-order valence-corrected chi connectivity index (χ1v) is 7.37. The van der Waals surface area contributed by atoms with Gasteiger partial charge in [0.1, 0.15) is 11.5 Å². The summed E-state index contributed by atoms with van der Waals surface area (Å²) >= 11 is 5.74. The molecule has 0 atom stereocenters. The van der Waals surface area contributed by atoms with E-state index in [2.05, 4.69) is 5.32 Å². The van der Waals surface area contributed by atoms with Crippen LogP contribution in [-0.2, 0) is 20.7 Å². The first kappa shape index (κ1) is 18.3. The highest BCUT2D eigenvalue weighted by molar-refractivity contribution is 6.31. The third-order valence-corrected chi connectivity index (χ3v) is 3.32. The molecular formula is C16H12ClFN2O5. The number of nitrogens with zero attached hydrogens (tertiary/aromatic N) is 1. The summed E-state index contributed by atoms with van der Waals surface area (Å²) in [5.41, 5.74) is -0.332. The number of anilines is 1. The molecule has 0 bridgehead atoms. The fourth-order valence-corrected chi connectivity index (χ4v) is 2.12. The quantitative estimate of drug-likeness (QED) is 0.481. The summed E-state index contributed by atoms with van der Waals surface area (Å²) in [5.74, 6) is -2.15. The molecule has 7 nitrogen and oxygen atoms in total. The van der Waals surface area contributed by atoms with Crippen LogP contribution in [0.5, 0.6) is 0 Å². The van der Waals surface area contributed by atoms with Crippen molar-refractivity contribution in [3.05, 3.63) is 69.0 Å². The van der Waals surface area contributed by atoms with E-state index in [0.29, 0.717) is 0 Å². The van der Waals surface area contributed by atoms with Crippen molar-refractivity contribution >= 4 is 34.9 Å². The van der Waals surface area contributed by atoms with Gasteiger partial charge in [0, 0.05) is 11.1 Å². The van der Waals surface area contributed by atoms with Gasteiger partial charge in [0.25, 0.3) is 11.6 Å². The second kappa shape index (κ2) is 8.20. The number of hydrogen-bond donors (Lipinski definition) is 1. The average molecular weight is 367 g/mol. The van der Waals surface area contributed by atoms with E-state index in [-0.39, 0.29) is 28.4 Å². The van der Waals surface area contributed by atoms with E-state index in [0.717, 1.165) is 6.07 Å². The SMILES string of the molecule is O=C(COC(=O)Cc1ccccc1F)Nc1cc(Cl)ccc1[N+](=O)[O-]. The highest BCUT2D eigenvalue weighted by Gasteiger charge is 2.17. The summed E-state index contributed by atoms with van der Waals surface area (Å²) in [4.78, 5) is 33.7. The monoisotopic (exact) mass is 366 g/mol. The molecule has 0 fully saturated rings. The maximum atomic E-state index is 13.4. The van der Waals surface area contributed by atoms with Gasteiger partial charge in [-0.15, -0.1) is 0 Å². The molecule has 1 N–H and O–H groups in total. The second-order valence-corrected chi connectivity index (χ2v) is 5.33. The number of esters is 1. The van der Waals surface area contributed by atoms with Crippen molar-refractivity contribution in [2.45, 2.75) is 6.42 Å². The molecule has 0 heterocycles. The van der Waals surface area contributed by atoms with E-state index < -0.39 is 29.2 Å². The summed E-state index contributed by atoms with van der Waals surface area (Å²) in [7, 11) is 0. The van der Waals surface area contributed by atoms with Crippen LogP contribution >= 0.6 is 11.6 Å². The Balaban J connectivity index is 1.93. The number of ether oxygens (including phenoxy) is 1. The number of carbonyl (C=O) groups is 2. The van der Waals surface area contributed by atoms with Crippen molar-refractivity contribution in [3.8, 4) is 0 Å². The third kappa shape index (κ3) is 5.25. The maximum absolute atomic E-state index is 13.4. The number of hydrogen-bond acceptors (Lipinski definition) is 5. The molecule has 0 unspecified atom stereocenters. The molecule has 1 amide bonds. The standard InChI is InChI=1S/C16H12ClFN2O5/c17-11-5-6-14(20(23)24)13(8-11)19-15(21)9-25-16(22)7-10-3-1-2-4-12(10)18/h1-6,8H,7,9H2,(H,19,21). The number of nitro groups is 1. The number of nitro benzene ring substituents is 1. The Morgan fingerprint density at radius 3 is 2.64 bits per heavy atom. The molecular weight excluding hydrogens is 355 g/mol. The molecule has 25 heavy (non-hydrogen) atoms. The van der Waals surface area contributed by atoms with Gasteiger partial charge in [-0.05, 0) is 23.8 Å². The van der Waals surface area contributed by atoms with E-state index in [9.17, 15) is 24.1 Å². The minimum atomic E-state index is -0.805. The van der Waals surface area contributed by atoms with Crippen LogP contribution in [0.3, 0.4) is 0 Å². The van der Waals surface area contributed by atoms with Gasteiger partial charge in [-0.25, -0.2) is 4.39 Å². The summed E-state index contributed by atoms with van der Waals surface area (Å²) in [6, 6.07) is 9.33. The van der Waals surface area contributed by atoms with E-state index in [4.69, 9.17) is 16.3 Å². The Hall–Kier alpha value is -3.00. The van der Waals surface area contributed by atoms with E-state index in [1.807, 2.05) is 0 Å². The molecule has 0 aliphatic rings. The van der Waals surface area contributed by atoms with Gasteiger partial charge in [-0.2, -0.15) is 0 Å². The highest BCUT2D eigenvalue weighted by Crippen LogP contribution is 2.27. The summed E-state index contributed by atoms with van der Waals surface area (Å²) < 4.78 is 18.2. The Bertz CT molecular complexity index is 828. The normalized spacial score (nSPS) is 10.2. The number of nitrogens with one attached hydrogen (secondary N) is 1. The van der Waals surface area contributed by atoms with Gasteiger partial charge < -0.3 is 10.1 Å². The van der Waals surface area contributed by atoms with Crippen molar-refractivity contribution in [3.63, 3.8) is 0 Å². The van der Waals surface area contributed by atoms with E-state index in [1.165, 1.54) is 30.3 Å². The Labute approximate surface area is 146 Å². The van der Waals surface area contributed by atoms with Crippen LogP contribution in [0.2, 0.25) is 5.02 Å². The largest absolute Gasteiger partial charge is 0.455 e. The predicted molar refractivity (Wildman–Crippen MR) is 87.8 cm³/mol. The van der Waals surface area contributed by atoms with Gasteiger partial charge in [0.15, 0.2) is 6.61 Å². The van der Waals surface area contributed by atoms with Crippen molar-refractivity contribution in [1.29, 1.82) is 0 Å². The van der Waals surface area contributed by atoms with Crippen LogP contribution in [0, 0.1) is 15.9 Å². The third-order valence-electron chi connectivity index (χ3n) is 3.09. The molecule has 9 heteroatoms. The molecule has 2 aromatic carbocycles. The van der Waals surface area contributed by atoms with Crippen LogP contribution in [0.15, 0.2) is 42.5 Å². The number of amides is 1. The molecule has 0 saturated carbocycles. The zero-order valence-electron chi connectivity index (χ0n) is 12.7. The lowest BCUT2D eigenvalue weighted by Gasteiger charge is -2.08. The maximum Gasteiger partial charge on any atom is 0.310 e. The lowest BCUT2D eigenvalue weighted by molar-refractivity contribution is -0.383. The smallest absolute Gasteiger partial charge is 0.310 e. The van der Waals surface area contributed by atoms with Gasteiger partial charge in [0.05, 0.1) is 11.3 Å². The number of benzene rings is 2. The zero-order chi connectivity index (χ0) is 18.4. The van der Waals surface area contributed by atoms with Crippen LogP contribution in [0.4, 0.5) is 15.8 Å². The molecule has 2 aromatic rings. The molecule has 0 spiro atoms. The molecule has 0 aromatic heterocycles. The average Bonchev–Trinajstić information content (AvgIpc) is 2.55. The molecule has 0 aliphatic heterocycles. The Morgan fingerprint density at radius 1 is 1.24 bits per heavy atom. The summed E-state index contributed by atoms with van der Waals surface area (Å²) in [6.45, 7) is -0.670. The fraction of sp³-hybridized carbons (Fsp3) is 0.125. The minimum absolute atomic E-state index is 0.118. The summed E-state index contributed by atoms with van der Waals surface area (Å²) in [6.07, 6.45) is -0.336. The molecule has 0 aliphatic carbocycles. The van der Waals surface area contributed by atoms with E-state index in [1.54, 1.807) is 6.07 Å². The Morgan fingerprint density at radius 2 is 1.96 bits per heavy atom. The van der Waals surface area contributed by atoms with Gasteiger partial charge in [0.2, 0.25) is 0 Å². The minimum Gasteiger partial charge on any atom is -0.455 e. The fourth-order valence-electron chi connectivity index (χ4n) is 1.95. The lowest BCUT2D eigenvalue weighted by Crippen LogP contribution is -2.22. The zero-order valence-corrected chi connectivity index (χ0v) is 13.5. The molecule has 130 valence electrons. The van der Waals surface area contributed by atoms with Crippen LogP contribution in [0.1, 0.15) is 5.56 Å². The number of carbonyl (C=O) groups excluding carboxylic acids is 2. The van der Waals surface area contributed by atoms with Crippen molar-refractivity contribution in [2.75, 3.05) is 11.9 Å². The van der Waals surface area contributed by atoms with Crippen molar-refractivity contribution < 1.29 is 23.6 Å². The number of halogens is 2. The van der Waals surface area contributed by atoms with Crippen molar-refractivity contribution in [1.82, 2.24) is 0 Å². The number of rotatable bonds is 6. The second-order valence-electron chi connectivity index (χ2n) is 4.90.